The van der Waals surface area contributed by atoms with Gasteiger partial charge in [-0.2, -0.15) is 5.10 Å². The SMILES string of the molecule is CC(NC(=O)c1cnn2ccc(N3CCCC3c3cc(F)ccc3F)cc12)c1ccc(F)cn1. The number of hydrogen-bond acceptors (Lipinski definition) is 4. The molecule has 4 aromatic rings. The predicted molar refractivity (Wildman–Crippen MR) is 121 cm³/mol. The maximum Gasteiger partial charge on any atom is 0.255 e. The van der Waals surface area contributed by atoms with E-state index in [4.69, 9.17) is 0 Å². The summed E-state index contributed by atoms with van der Waals surface area (Å²) in [5, 5.41) is 7.13. The van der Waals surface area contributed by atoms with Gasteiger partial charge in [-0.25, -0.2) is 17.7 Å². The molecule has 0 spiro atoms. The molecule has 4 heterocycles. The summed E-state index contributed by atoms with van der Waals surface area (Å²) in [4.78, 5) is 19.0. The van der Waals surface area contributed by atoms with Crippen LogP contribution < -0.4 is 10.2 Å². The van der Waals surface area contributed by atoms with Gasteiger partial charge in [-0.3, -0.25) is 9.78 Å². The topological polar surface area (TPSA) is 62.5 Å². The van der Waals surface area contributed by atoms with Gasteiger partial charge in [0.15, 0.2) is 0 Å². The smallest absolute Gasteiger partial charge is 0.255 e. The molecule has 0 bridgehead atoms. The molecular formula is C25H22F3N5O. The van der Waals surface area contributed by atoms with Gasteiger partial charge in [0, 0.05) is 24.0 Å². The van der Waals surface area contributed by atoms with Crippen LogP contribution in [0.2, 0.25) is 0 Å². The van der Waals surface area contributed by atoms with Gasteiger partial charge in [-0.05, 0) is 62.2 Å². The zero-order chi connectivity index (χ0) is 23.8. The molecule has 1 amide bonds. The predicted octanol–water partition coefficient (Wildman–Crippen LogP) is 4.98. The van der Waals surface area contributed by atoms with E-state index in [0.29, 0.717) is 35.3 Å². The second-order valence-corrected chi connectivity index (χ2v) is 8.39. The maximum absolute atomic E-state index is 14.5. The van der Waals surface area contributed by atoms with E-state index < -0.39 is 23.5 Å². The molecular weight excluding hydrogens is 443 g/mol. The summed E-state index contributed by atoms with van der Waals surface area (Å²) < 4.78 is 43.0. The number of nitrogens with one attached hydrogen (secondary N) is 1. The van der Waals surface area contributed by atoms with Crippen molar-refractivity contribution in [2.24, 2.45) is 0 Å². The van der Waals surface area contributed by atoms with Crippen LogP contribution >= 0.6 is 0 Å². The molecule has 174 valence electrons. The lowest BCUT2D eigenvalue weighted by molar-refractivity contribution is 0.0940. The normalized spacial score (nSPS) is 16.7. The van der Waals surface area contributed by atoms with Crippen LogP contribution in [0.4, 0.5) is 18.9 Å². The third-order valence-corrected chi connectivity index (χ3v) is 6.19. The third kappa shape index (κ3) is 4.09. The lowest BCUT2D eigenvalue weighted by Crippen LogP contribution is -2.27. The van der Waals surface area contributed by atoms with Crippen molar-refractivity contribution in [2.45, 2.75) is 31.8 Å². The Kier molecular flexibility index (Phi) is 5.69. The summed E-state index contributed by atoms with van der Waals surface area (Å²) in [6, 6.07) is 9.27. The van der Waals surface area contributed by atoms with Crippen molar-refractivity contribution in [3.05, 3.63) is 95.3 Å². The highest BCUT2D eigenvalue weighted by molar-refractivity contribution is 6.01. The maximum atomic E-state index is 14.5. The number of aromatic nitrogens is 3. The van der Waals surface area contributed by atoms with E-state index in [1.807, 2.05) is 17.0 Å². The molecule has 9 heteroatoms. The van der Waals surface area contributed by atoms with Crippen LogP contribution in [-0.2, 0) is 0 Å². The lowest BCUT2D eigenvalue weighted by atomic mass is 10.0. The molecule has 3 aromatic heterocycles. The Hall–Kier alpha value is -3.88. The fourth-order valence-corrected chi connectivity index (χ4v) is 4.48. The second kappa shape index (κ2) is 8.81. The average molecular weight is 465 g/mol. The number of anilines is 1. The zero-order valence-electron chi connectivity index (χ0n) is 18.4. The Morgan fingerprint density at radius 2 is 1.91 bits per heavy atom. The number of halogens is 3. The monoisotopic (exact) mass is 465 g/mol. The Labute approximate surface area is 194 Å². The van der Waals surface area contributed by atoms with E-state index in [1.54, 1.807) is 17.6 Å². The number of rotatable bonds is 5. The van der Waals surface area contributed by atoms with E-state index in [9.17, 15) is 18.0 Å². The number of hydrogen-bond donors (Lipinski definition) is 1. The molecule has 1 aliphatic heterocycles. The van der Waals surface area contributed by atoms with Gasteiger partial charge in [-0.15, -0.1) is 0 Å². The minimum atomic E-state index is -0.474. The summed E-state index contributed by atoms with van der Waals surface area (Å²) >= 11 is 0. The molecule has 0 saturated carbocycles. The fourth-order valence-electron chi connectivity index (χ4n) is 4.48. The van der Waals surface area contributed by atoms with Crippen molar-refractivity contribution < 1.29 is 18.0 Å². The van der Waals surface area contributed by atoms with Crippen molar-refractivity contribution in [1.82, 2.24) is 19.9 Å². The summed E-state index contributed by atoms with van der Waals surface area (Å²) in [6.45, 7) is 2.44. The first kappa shape index (κ1) is 21.9. The van der Waals surface area contributed by atoms with Crippen LogP contribution in [0.1, 0.15) is 53.5 Å². The third-order valence-electron chi connectivity index (χ3n) is 6.19. The van der Waals surface area contributed by atoms with Crippen molar-refractivity contribution >= 4 is 17.1 Å². The number of amides is 1. The first-order chi connectivity index (χ1) is 16.4. The van der Waals surface area contributed by atoms with Gasteiger partial charge in [0.25, 0.3) is 5.91 Å². The van der Waals surface area contributed by atoms with Gasteiger partial charge in [0.2, 0.25) is 0 Å². The quantitative estimate of drug-likeness (QED) is 0.452. The summed E-state index contributed by atoms with van der Waals surface area (Å²) in [7, 11) is 0. The molecule has 0 radical (unpaired) electrons. The van der Waals surface area contributed by atoms with Crippen LogP contribution in [0.3, 0.4) is 0 Å². The molecule has 1 aliphatic rings. The van der Waals surface area contributed by atoms with Crippen molar-refractivity contribution in [1.29, 1.82) is 0 Å². The number of nitrogens with zero attached hydrogens (tertiary/aromatic N) is 4. The number of pyridine rings is 2. The molecule has 1 saturated heterocycles. The Balaban J connectivity index is 1.43. The average Bonchev–Trinajstić information content (AvgIpc) is 3.48. The van der Waals surface area contributed by atoms with Crippen LogP contribution in [0.15, 0.2) is 61.1 Å². The lowest BCUT2D eigenvalue weighted by Gasteiger charge is -2.27. The van der Waals surface area contributed by atoms with Crippen molar-refractivity contribution in [3.63, 3.8) is 0 Å². The highest BCUT2D eigenvalue weighted by Crippen LogP contribution is 2.38. The van der Waals surface area contributed by atoms with Crippen LogP contribution in [0.5, 0.6) is 0 Å². The van der Waals surface area contributed by atoms with Gasteiger partial charge in [0.05, 0.1) is 41.3 Å². The largest absolute Gasteiger partial charge is 0.364 e. The highest BCUT2D eigenvalue weighted by Gasteiger charge is 2.29. The summed E-state index contributed by atoms with van der Waals surface area (Å²) in [6.07, 6.45) is 5.85. The molecule has 34 heavy (non-hydrogen) atoms. The zero-order valence-corrected chi connectivity index (χ0v) is 18.4. The summed E-state index contributed by atoms with van der Waals surface area (Å²) in [5.41, 5.74) is 2.60. The van der Waals surface area contributed by atoms with Crippen molar-refractivity contribution in [3.8, 4) is 0 Å². The molecule has 2 atom stereocenters. The molecule has 1 N–H and O–H groups in total. The number of benzene rings is 1. The molecule has 1 fully saturated rings. The van der Waals surface area contributed by atoms with Crippen LogP contribution in [0, 0.1) is 17.5 Å². The van der Waals surface area contributed by atoms with E-state index in [1.165, 1.54) is 24.4 Å². The molecule has 6 nitrogen and oxygen atoms in total. The van der Waals surface area contributed by atoms with Gasteiger partial charge < -0.3 is 10.2 Å². The Morgan fingerprint density at radius 1 is 1.09 bits per heavy atom. The minimum Gasteiger partial charge on any atom is -0.364 e. The molecule has 5 rings (SSSR count). The van der Waals surface area contributed by atoms with Gasteiger partial charge in [-0.1, -0.05) is 0 Å². The molecule has 2 unspecified atom stereocenters. The standard InChI is InChI=1S/C25H22F3N5O/c1-15(22-7-5-17(27)13-29-22)31-25(34)20-14-30-33-10-8-18(12-24(20)33)32-9-2-3-23(32)19-11-16(26)4-6-21(19)28/h4-8,10-15,23H,2-3,9H2,1H3,(H,31,34). The van der Waals surface area contributed by atoms with Crippen LogP contribution in [-0.4, -0.2) is 27.0 Å². The molecule has 1 aromatic carbocycles. The minimum absolute atomic E-state index is 0.303. The van der Waals surface area contributed by atoms with Gasteiger partial charge >= 0.3 is 0 Å². The Bertz CT molecular complexity index is 1350. The fraction of sp³-hybridized carbons (Fsp3) is 0.240. The second-order valence-electron chi connectivity index (χ2n) is 8.39. The highest BCUT2D eigenvalue weighted by atomic mass is 19.1. The van der Waals surface area contributed by atoms with E-state index in [0.717, 1.165) is 30.4 Å². The number of carbonyl (C=O) groups is 1. The van der Waals surface area contributed by atoms with Gasteiger partial charge in [0.1, 0.15) is 17.5 Å². The Morgan fingerprint density at radius 3 is 2.71 bits per heavy atom. The summed E-state index contributed by atoms with van der Waals surface area (Å²) in [5.74, 6) is -1.71. The van der Waals surface area contributed by atoms with E-state index >= 15 is 0 Å². The van der Waals surface area contributed by atoms with Crippen molar-refractivity contribution in [2.75, 3.05) is 11.4 Å². The first-order valence-corrected chi connectivity index (χ1v) is 11.0. The number of carbonyl (C=O) groups excluding carboxylic acids is 1. The van der Waals surface area contributed by atoms with Crippen LogP contribution in [0.25, 0.3) is 5.52 Å². The van der Waals surface area contributed by atoms with E-state index in [2.05, 4.69) is 15.4 Å². The number of fused-ring (bicyclic) bond motifs is 1. The first-order valence-electron chi connectivity index (χ1n) is 11.0. The molecule has 0 aliphatic carbocycles. The van der Waals surface area contributed by atoms with E-state index in [-0.39, 0.29) is 11.9 Å².